The van der Waals surface area contributed by atoms with Gasteiger partial charge in [0.05, 0.1) is 22.8 Å². The highest BCUT2D eigenvalue weighted by atomic mass is 35.5. The first kappa shape index (κ1) is 15.7. The lowest BCUT2D eigenvalue weighted by atomic mass is 9.87. The minimum absolute atomic E-state index is 0.501. The molecule has 2 aromatic carbocycles. The smallest absolute Gasteiger partial charge is 0.0884 e. The van der Waals surface area contributed by atoms with Gasteiger partial charge in [-0.3, -0.25) is 4.99 Å². The van der Waals surface area contributed by atoms with E-state index < -0.39 is 0 Å². The van der Waals surface area contributed by atoms with E-state index in [-0.39, 0.29) is 0 Å². The Kier molecular flexibility index (Phi) is 4.07. The lowest BCUT2D eigenvalue weighted by Gasteiger charge is -2.30. The molecule has 0 amide bonds. The molecule has 2 aromatic rings. The largest absolute Gasteiger partial charge is 0.342 e. The molecule has 4 rings (SSSR count). The summed E-state index contributed by atoms with van der Waals surface area (Å²) in [5.41, 5.74) is 5.76. The molecule has 0 N–H and O–H groups in total. The first-order valence-corrected chi connectivity index (χ1v) is 8.91. The first-order valence-electron chi connectivity index (χ1n) is 8.53. The topological polar surface area (TPSA) is 18.8 Å². The summed E-state index contributed by atoms with van der Waals surface area (Å²) in [6.45, 7) is 2.26. The number of hydrogen-bond acceptors (Lipinski definition) is 3. The molecular formula is C20H22ClN3. The quantitative estimate of drug-likeness (QED) is 0.737. The minimum Gasteiger partial charge on any atom is -0.342 e. The van der Waals surface area contributed by atoms with Crippen LogP contribution in [0.25, 0.3) is 0 Å². The molecule has 124 valence electrons. The number of rotatable bonds is 1. The van der Waals surface area contributed by atoms with Gasteiger partial charge in [0.15, 0.2) is 0 Å². The molecule has 1 saturated heterocycles. The lowest BCUT2D eigenvalue weighted by Crippen LogP contribution is -2.34. The molecule has 0 bridgehead atoms. The van der Waals surface area contributed by atoms with Crippen molar-refractivity contribution in [3.8, 4) is 0 Å². The number of para-hydroxylation sites is 1. The summed E-state index contributed by atoms with van der Waals surface area (Å²) in [7, 11) is 4.31. The summed E-state index contributed by atoms with van der Waals surface area (Å²) in [5.74, 6) is 0.501. The van der Waals surface area contributed by atoms with Gasteiger partial charge < -0.3 is 9.80 Å². The van der Waals surface area contributed by atoms with Crippen molar-refractivity contribution in [3.05, 3.63) is 53.1 Å². The van der Waals surface area contributed by atoms with Gasteiger partial charge in [-0.15, -0.1) is 0 Å². The van der Waals surface area contributed by atoms with E-state index in [0.717, 1.165) is 42.3 Å². The van der Waals surface area contributed by atoms with Crippen molar-refractivity contribution in [3.63, 3.8) is 0 Å². The Bertz CT molecular complexity index is 791. The van der Waals surface area contributed by atoms with Gasteiger partial charge in [-0.1, -0.05) is 29.8 Å². The molecule has 0 aliphatic carbocycles. The van der Waals surface area contributed by atoms with Gasteiger partial charge in [0, 0.05) is 23.6 Å². The fourth-order valence-corrected chi connectivity index (χ4v) is 3.93. The SMILES string of the molecule is CN1CCC(C2=Nc3cc(Cl)ccc3N(C)c3ccccc32)CC1. The van der Waals surface area contributed by atoms with Crippen LogP contribution in [0.3, 0.4) is 0 Å². The zero-order valence-electron chi connectivity index (χ0n) is 14.2. The Morgan fingerprint density at radius 3 is 2.54 bits per heavy atom. The van der Waals surface area contributed by atoms with Crippen molar-refractivity contribution in [1.82, 2.24) is 4.90 Å². The maximum atomic E-state index is 6.25. The molecule has 2 heterocycles. The van der Waals surface area contributed by atoms with Gasteiger partial charge in [0.1, 0.15) is 0 Å². The maximum Gasteiger partial charge on any atom is 0.0884 e. The highest BCUT2D eigenvalue weighted by Gasteiger charge is 2.28. The number of benzene rings is 2. The van der Waals surface area contributed by atoms with Crippen LogP contribution >= 0.6 is 11.6 Å². The molecule has 0 saturated carbocycles. The number of nitrogens with zero attached hydrogens (tertiary/aromatic N) is 3. The molecule has 1 fully saturated rings. The van der Waals surface area contributed by atoms with Crippen LogP contribution in [0.5, 0.6) is 0 Å². The van der Waals surface area contributed by atoms with Crippen molar-refractivity contribution < 1.29 is 0 Å². The van der Waals surface area contributed by atoms with Crippen molar-refractivity contribution in [2.24, 2.45) is 10.9 Å². The second kappa shape index (κ2) is 6.23. The van der Waals surface area contributed by atoms with Crippen LogP contribution in [0.4, 0.5) is 17.1 Å². The molecule has 4 heteroatoms. The highest BCUT2D eigenvalue weighted by molar-refractivity contribution is 6.31. The van der Waals surface area contributed by atoms with E-state index >= 15 is 0 Å². The van der Waals surface area contributed by atoms with Crippen LogP contribution < -0.4 is 4.90 Å². The number of hydrogen-bond donors (Lipinski definition) is 0. The second-order valence-corrected chi connectivity index (χ2v) is 7.22. The molecule has 24 heavy (non-hydrogen) atoms. The minimum atomic E-state index is 0.501. The normalized spacial score (nSPS) is 18.6. The average molecular weight is 340 g/mol. The van der Waals surface area contributed by atoms with Gasteiger partial charge in [-0.2, -0.15) is 0 Å². The number of halogens is 1. The molecule has 0 atom stereocenters. The molecular weight excluding hydrogens is 318 g/mol. The van der Waals surface area contributed by atoms with E-state index in [1.54, 1.807) is 0 Å². The summed E-state index contributed by atoms with van der Waals surface area (Å²) in [4.78, 5) is 9.74. The fraction of sp³-hybridized carbons (Fsp3) is 0.350. The van der Waals surface area contributed by atoms with Crippen LogP contribution in [0.1, 0.15) is 18.4 Å². The van der Waals surface area contributed by atoms with E-state index in [1.807, 2.05) is 12.1 Å². The number of aliphatic imine (C=N–C) groups is 1. The Balaban J connectivity index is 1.88. The Morgan fingerprint density at radius 1 is 1.00 bits per heavy atom. The first-order chi connectivity index (χ1) is 11.6. The Labute approximate surface area is 148 Å². The van der Waals surface area contributed by atoms with Gasteiger partial charge in [-0.05, 0) is 57.2 Å². The third kappa shape index (κ3) is 2.72. The van der Waals surface area contributed by atoms with Crippen LogP contribution in [0.2, 0.25) is 5.02 Å². The molecule has 2 aliphatic rings. The van der Waals surface area contributed by atoms with Crippen LogP contribution in [0.15, 0.2) is 47.5 Å². The number of fused-ring (bicyclic) bond motifs is 2. The predicted octanol–water partition coefficient (Wildman–Crippen LogP) is 4.88. The van der Waals surface area contributed by atoms with Gasteiger partial charge >= 0.3 is 0 Å². The van der Waals surface area contributed by atoms with E-state index in [1.165, 1.54) is 17.0 Å². The van der Waals surface area contributed by atoms with Crippen LogP contribution in [-0.4, -0.2) is 37.8 Å². The summed E-state index contributed by atoms with van der Waals surface area (Å²) in [6, 6.07) is 14.6. The van der Waals surface area contributed by atoms with Gasteiger partial charge in [0.25, 0.3) is 0 Å². The summed E-state index contributed by atoms with van der Waals surface area (Å²) in [5, 5.41) is 0.736. The zero-order chi connectivity index (χ0) is 16.7. The van der Waals surface area contributed by atoms with Gasteiger partial charge in [0.2, 0.25) is 0 Å². The summed E-state index contributed by atoms with van der Waals surface area (Å²) in [6.07, 6.45) is 2.31. The Hall–Kier alpha value is -1.84. The van der Waals surface area contributed by atoms with E-state index in [4.69, 9.17) is 16.6 Å². The van der Waals surface area contributed by atoms with E-state index in [0.29, 0.717) is 5.92 Å². The number of anilines is 2. The average Bonchev–Trinajstić information content (AvgIpc) is 2.71. The lowest BCUT2D eigenvalue weighted by molar-refractivity contribution is 0.252. The molecule has 0 spiro atoms. The van der Waals surface area contributed by atoms with Crippen molar-refractivity contribution >= 4 is 34.4 Å². The van der Waals surface area contributed by atoms with E-state index in [9.17, 15) is 0 Å². The molecule has 0 unspecified atom stereocenters. The summed E-state index contributed by atoms with van der Waals surface area (Å²) >= 11 is 6.25. The zero-order valence-corrected chi connectivity index (χ0v) is 14.9. The second-order valence-electron chi connectivity index (χ2n) is 6.78. The standard InChI is InChI=1S/C20H22ClN3/c1-23-11-9-14(10-12-23)20-16-5-3-4-6-18(16)24(2)19-8-7-15(21)13-17(19)22-20/h3-8,13-14H,9-12H2,1-2H3. The molecule has 0 aromatic heterocycles. The monoisotopic (exact) mass is 339 g/mol. The third-order valence-electron chi connectivity index (χ3n) is 5.19. The number of likely N-dealkylation sites (tertiary alicyclic amines) is 1. The molecule has 0 radical (unpaired) electrons. The van der Waals surface area contributed by atoms with E-state index in [2.05, 4.69) is 54.2 Å². The number of piperidine rings is 1. The van der Waals surface area contributed by atoms with Crippen LogP contribution in [0, 0.1) is 5.92 Å². The predicted molar refractivity (Wildman–Crippen MR) is 102 cm³/mol. The van der Waals surface area contributed by atoms with Crippen LogP contribution in [-0.2, 0) is 0 Å². The Morgan fingerprint density at radius 2 is 1.75 bits per heavy atom. The van der Waals surface area contributed by atoms with Crippen molar-refractivity contribution in [1.29, 1.82) is 0 Å². The van der Waals surface area contributed by atoms with Gasteiger partial charge in [-0.25, -0.2) is 0 Å². The highest BCUT2D eigenvalue weighted by Crippen LogP contribution is 2.41. The maximum absolute atomic E-state index is 6.25. The fourth-order valence-electron chi connectivity index (χ4n) is 3.77. The summed E-state index contributed by atoms with van der Waals surface area (Å²) < 4.78 is 0. The molecule has 2 aliphatic heterocycles. The van der Waals surface area contributed by atoms with Crippen molar-refractivity contribution in [2.75, 3.05) is 32.1 Å². The van der Waals surface area contributed by atoms with Crippen molar-refractivity contribution in [2.45, 2.75) is 12.8 Å². The third-order valence-corrected chi connectivity index (χ3v) is 5.42. The molecule has 3 nitrogen and oxygen atoms in total.